The fourth-order valence-electron chi connectivity index (χ4n) is 3.92. The smallest absolute Gasteiger partial charge is 0.145 e. The molecule has 6 heteroatoms. The molecule has 2 atom stereocenters. The third-order valence-corrected chi connectivity index (χ3v) is 5.62. The van der Waals surface area contributed by atoms with Crippen LogP contribution >= 0.6 is 0 Å². The molecule has 0 saturated heterocycles. The van der Waals surface area contributed by atoms with E-state index in [9.17, 15) is 9.50 Å². The Labute approximate surface area is 194 Å². The Kier molecular flexibility index (Phi) is 7.70. The molecule has 1 aliphatic heterocycles. The molecule has 3 aromatic rings. The van der Waals surface area contributed by atoms with Crippen molar-refractivity contribution in [3.8, 4) is 5.75 Å². The minimum atomic E-state index is -0.694. The van der Waals surface area contributed by atoms with Crippen LogP contribution in [0.4, 0.5) is 4.39 Å². The van der Waals surface area contributed by atoms with Crippen molar-refractivity contribution < 1.29 is 19.1 Å². The van der Waals surface area contributed by atoms with E-state index in [-0.39, 0.29) is 18.5 Å². The Bertz CT molecular complexity index is 1060. The predicted molar refractivity (Wildman–Crippen MR) is 127 cm³/mol. The second kappa shape index (κ2) is 11.1. The van der Waals surface area contributed by atoms with Crippen LogP contribution in [0.2, 0.25) is 0 Å². The number of aliphatic hydroxyl groups is 1. The van der Waals surface area contributed by atoms with Crippen LogP contribution in [-0.4, -0.2) is 47.6 Å². The zero-order valence-electron chi connectivity index (χ0n) is 18.7. The number of halogens is 1. The van der Waals surface area contributed by atoms with Crippen LogP contribution in [-0.2, 0) is 11.4 Å². The van der Waals surface area contributed by atoms with Crippen LogP contribution in [0.25, 0.3) is 0 Å². The molecule has 1 aliphatic rings. The lowest BCUT2D eigenvalue weighted by Crippen LogP contribution is -2.39. The van der Waals surface area contributed by atoms with Crippen molar-refractivity contribution in [1.29, 1.82) is 0 Å². The second-order valence-corrected chi connectivity index (χ2v) is 8.39. The van der Waals surface area contributed by atoms with E-state index in [2.05, 4.69) is 10.1 Å². The molecule has 1 heterocycles. The van der Waals surface area contributed by atoms with E-state index >= 15 is 0 Å². The molecule has 33 heavy (non-hydrogen) atoms. The van der Waals surface area contributed by atoms with Crippen LogP contribution in [0.1, 0.15) is 23.1 Å². The van der Waals surface area contributed by atoms with Gasteiger partial charge >= 0.3 is 0 Å². The average molecular weight is 449 g/mol. The Morgan fingerprint density at radius 3 is 2.55 bits per heavy atom. The Morgan fingerprint density at radius 1 is 1.06 bits per heavy atom. The minimum absolute atomic E-state index is 0.120. The lowest BCUT2D eigenvalue weighted by Gasteiger charge is -2.27. The molecule has 0 bridgehead atoms. The van der Waals surface area contributed by atoms with Crippen molar-refractivity contribution in [2.24, 2.45) is 5.16 Å². The van der Waals surface area contributed by atoms with Crippen molar-refractivity contribution in [2.45, 2.75) is 32.1 Å². The number of hydrogen-bond donors (Lipinski definition) is 1. The Morgan fingerprint density at radius 2 is 1.79 bits per heavy atom. The van der Waals surface area contributed by atoms with E-state index in [1.54, 1.807) is 12.1 Å². The molecule has 0 unspecified atom stereocenters. The average Bonchev–Trinajstić information content (AvgIpc) is 3.29. The van der Waals surface area contributed by atoms with E-state index in [4.69, 9.17) is 9.57 Å². The maximum atomic E-state index is 13.4. The maximum absolute atomic E-state index is 13.4. The lowest BCUT2D eigenvalue weighted by molar-refractivity contribution is 0.0212. The summed E-state index contributed by atoms with van der Waals surface area (Å²) in [5.74, 6) is 0.499. The van der Waals surface area contributed by atoms with Gasteiger partial charge < -0.3 is 14.7 Å². The van der Waals surface area contributed by atoms with Gasteiger partial charge in [0.25, 0.3) is 0 Å². The summed E-state index contributed by atoms with van der Waals surface area (Å²) in [6, 6.07) is 24.2. The van der Waals surface area contributed by atoms with E-state index in [0.717, 1.165) is 28.2 Å². The first-order valence-electron chi connectivity index (χ1n) is 11.2. The fourth-order valence-corrected chi connectivity index (χ4v) is 3.92. The number of ether oxygens (including phenoxy) is 1. The van der Waals surface area contributed by atoms with Gasteiger partial charge in [-0.05, 0) is 41.8 Å². The molecule has 1 N–H and O–H groups in total. The van der Waals surface area contributed by atoms with E-state index in [1.807, 2.05) is 61.5 Å². The van der Waals surface area contributed by atoms with Gasteiger partial charge in [0, 0.05) is 26.1 Å². The van der Waals surface area contributed by atoms with Crippen molar-refractivity contribution in [3.63, 3.8) is 0 Å². The number of nitrogens with zero attached hydrogens (tertiary/aromatic N) is 2. The summed E-state index contributed by atoms with van der Waals surface area (Å²) in [7, 11) is 0. The minimum Gasteiger partial charge on any atom is -0.491 e. The molecule has 5 nitrogen and oxygen atoms in total. The standard InChI is InChI=1S/C27H29FN2O3/c1-20-7-5-6-10-27(20)32-19-24(31)17-30(16-21-11-13-23(28)14-12-21)18-25-15-26(29-33-25)22-8-3-2-4-9-22/h2-14,24-25,31H,15-19H2,1H3/t24-,25+/m1/s1. The van der Waals surface area contributed by atoms with Crippen LogP contribution in [0.5, 0.6) is 5.75 Å². The summed E-state index contributed by atoms with van der Waals surface area (Å²) in [5, 5.41) is 15.0. The second-order valence-electron chi connectivity index (χ2n) is 8.39. The van der Waals surface area contributed by atoms with Gasteiger partial charge in [-0.15, -0.1) is 0 Å². The third-order valence-electron chi connectivity index (χ3n) is 5.62. The number of rotatable bonds is 10. The van der Waals surface area contributed by atoms with Gasteiger partial charge in [0.2, 0.25) is 0 Å². The highest BCUT2D eigenvalue weighted by molar-refractivity contribution is 6.01. The number of aryl methyl sites for hydroxylation is 1. The van der Waals surface area contributed by atoms with Gasteiger partial charge in [-0.1, -0.05) is 65.8 Å². The molecule has 4 rings (SSSR count). The SMILES string of the molecule is Cc1ccccc1OC[C@H](O)CN(Cc1ccc(F)cc1)C[C@@H]1CC(c2ccccc2)=NO1. The highest BCUT2D eigenvalue weighted by Crippen LogP contribution is 2.20. The first-order chi connectivity index (χ1) is 16.1. The van der Waals surface area contributed by atoms with Gasteiger partial charge in [-0.25, -0.2) is 4.39 Å². The molecule has 0 radical (unpaired) electrons. The molecule has 0 aliphatic carbocycles. The van der Waals surface area contributed by atoms with Crippen molar-refractivity contribution >= 4 is 5.71 Å². The topological polar surface area (TPSA) is 54.3 Å². The maximum Gasteiger partial charge on any atom is 0.145 e. The summed E-state index contributed by atoms with van der Waals surface area (Å²) in [4.78, 5) is 7.81. The first-order valence-corrected chi connectivity index (χ1v) is 11.2. The van der Waals surface area contributed by atoms with Crippen LogP contribution < -0.4 is 4.74 Å². The molecule has 0 amide bonds. The number of hydrogen-bond acceptors (Lipinski definition) is 5. The van der Waals surface area contributed by atoms with Crippen LogP contribution in [0.3, 0.4) is 0 Å². The van der Waals surface area contributed by atoms with E-state index in [1.165, 1.54) is 12.1 Å². The van der Waals surface area contributed by atoms with Crippen LogP contribution in [0.15, 0.2) is 84.0 Å². The molecule has 172 valence electrons. The molecule has 0 fully saturated rings. The zero-order valence-corrected chi connectivity index (χ0v) is 18.7. The Balaban J connectivity index is 1.37. The van der Waals surface area contributed by atoms with Gasteiger partial charge in [0.15, 0.2) is 0 Å². The molecular weight excluding hydrogens is 419 g/mol. The lowest BCUT2D eigenvalue weighted by atomic mass is 10.0. The van der Waals surface area contributed by atoms with Crippen molar-refractivity contribution in [2.75, 3.05) is 19.7 Å². The van der Waals surface area contributed by atoms with Crippen LogP contribution in [0, 0.1) is 12.7 Å². The first kappa shape index (κ1) is 23.0. The number of para-hydroxylation sites is 1. The third kappa shape index (κ3) is 6.63. The summed E-state index contributed by atoms with van der Waals surface area (Å²) in [6.45, 7) is 3.69. The molecule has 0 saturated carbocycles. The molecule has 3 aromatic carbocycles. The number of benzene rings is 3. The van der Waals surface area contributed by atoms with Crippen molar-refractivity contribution in [3.05, 3.63) is 101 Å². The summed E-state index contributed by atoms with van der Waals surface area (Å²) >= 11 is 0. The normalized spacial score (nSPS) is 16.4. The van der Waals surface area contributed by atoms with Crippen molar-refractivity contribution in [1.82, 2.24) is 4.90 Å². The quantitative estimate of drug-likeness (QED) is 0.494. The summed E-state index contributed by atoms with van der Waals surface area (Å²) in [6.07, 6.45) is -0.120. The van der Waals surface area contributed by atoms with Gasteiger partial charge in [-0.3, -0.25) is 4.90 Å². The summed E-state index contributed by atoms with van der Waals surface area (Å²) < 4.78 is 19.2. The fraction of sp³-hybridized carbons (Fsp3) is 0.296. The largest absolute Gasteiger partial charge is 0.491 e. The molecule has 0 spiro atoms. The van der Waals surface area contributed by atoms with Gasteiger partial charge in [0.1, 0.15) is 30.4 Å². The number of aliphatic hydroxyl groups excluding tert-OH is 1. The zero-order chi connectivity index (χ0) is 23.0. The monoisotopic (exact) mass is 448 g/mol. The highest BCUT2D eigenvalue weighted by Gasteiger charge is 2.26. The highest BCUT2D eigenvalue weighted by atomic mass is 19.1. The van der Waals surface area contributed by atoms with Gasteiger partial charge in [-0.2, -0.15) is 0 Å². The summed E-state index contributed by atoms with van der Waals surface area (Å²) in [5.41, 5.74) is 3.96. The predicted octanol–water partition coefficient (Wildman–Crippen LogP) is 4.57. The van der Waals surface area contributed by atoms with E-state index < -0.39 is 6.10 Å². The molecular formula is C27H29FN2O3. The number of oxime groups is 1. The van der Waals surface area contributed by atoms with E-state index in [0.29, 0.717) is 26.1 Å². The van der Waals surface area contributed by atoms with Gasteiger partial charge in [0.05, 0.1) is 5.71 Å². The molecule has 0 aromatic heterocycles. The Hall–Kier alpha value is -3.22.